The van der Waals surface area contributed by atoms with Gasteiger partial charge in [0, 0.05) is 5.56 Å². The summed E-state index contributed by atoms with van der Waals surface area (Å²) < 4.78 is 13.2. The summed E-state index contributed by atoms with van der Waals surface area (Å²) in [4.78, 5) is 11.7. The molecule has 0 atom stereocenters. The van der Waals surface area contributed by atoms with Gasteiger partial charge in [-0.05, 0) is 48.0 Å². The van der Waals surface area contributed by atoms with E-state index in [0.717, 1.165) is 0 Å². The molecule has 0 bridgehead atoms. The molecule has 0 aliphatic heterocycles. The van der Waals surface area contributed by atoms with E-state index < -0.39 is 17.3 Å². The van der Waals surface area contributed by atoms with Crippen LogP contribution < -0.4 is 5.32 Å². The molecule has 16 heavy (non-hydrogen) atoms. The first-order chi connectivity index (χ1) is 7.35. The first-order valence-electron chi connectivity index (χ1n) is 4.54. The second kappa shape index (κ2) is 4.62. The van der Waals surface area contributed by atoms with E-state index in [2.05, 4.69) is 21.2 Å². The molecule has 1 aromatic rings. The SMILES string of the molecule is CC(C)(C#N)NC(=O)c1ccc(F)c(Br)c1. The van der Waals surface area contributed by atoms with Crippen LogP contribution in [0, 0.1) is 17.1 Å². The maximum absolute atomic E-state index is 12.9. The van der Waals surface area contributed by atoms with Crippen LogP contribution in [-0.4, -0.2) is 11.4 Å². The maximum atomic E-state index is 12.9. The van der Waals surface area contributed by atoms with Crippen LogP contribution in [0.5, 0.6) is 0 Å². The molecule has 0 spiro atoms. The van der Waals surface area contributed by atoms with Crippen molar-refractivity contribution in [2.45, 2.75) is 19.4 Å². The second-order valence-electron chi connectivity index (χ2n) is 3.82. The Morgan fingerprint density at radius 2 is 2.19 bits per heavy atom. The molecule has 0 saturated carbocycles. The van der Waals surface area contributed by atoms with Gasteiger partial charge in [0.1, 0.15) is 11.4 Å². The monoisotopic (exact) mass is 284 g/mol. The fourth-order valence-electron chi connectivity index (χ4n) is 1.02. The van der Waals surface area contributed by atoms with Crippen LogP contribution in [0.25, 0.3) is 0 Å². The van der Waals surface area contributed by atoms with Gasteiger partial charge in [0.15, 0.2) is 0 Å². The molecule has 0 aliphatic rings. The quantitative estimate of drug-likeness (QED) is 0.908. The van der Waals surface area contributed by atoms with E-state index in [4.69, 9.17) is 5.26 Å². The highest BCUT2D eigenvalue weighted by Crippen LogP contribution is 2.17. The third-order valence-electron chi connectivity index (χ3n) is 1.89. The number of halogens is 2. The van der Waals surface area contributed by atoms with E-state index in [-0.39, 0.29) is 4.47 Å². The number of rotatable bonds is 2. The minimum Gasteiger partial charge on any atom is -0.334 e. The summed E-state index contributed by atoms with van der Waals surface area (Å²) in [6.45, 7) is 3.17. The van der Waals surface area contributed by atoms with E-state index >= 15 is 0 Å². The van der Waals surface area contributed by atoms with Crippen molar-refractivity contribution in [1.82, 2.24) is 5.32 Å². The zero-order chi connectivity index (χ0) is 12.3. The van der Waals surface area contributed by atoms with Crippen molar-refractivity contribution in [3.8, 4) is 6.07 Å². The number of nitrogens with zero attached hydrogens (tertiary/aromatic N) is 1. The van der Waals surface area contributed by atoms with Gasteiger partial charge in [0.25, 0.3) is 5.91 Å². The van der Waals surface area contributed by atoms with Crippen LogP contribution in [-0.2, 0) is 0 Å². The highest BCUT2D eigenvalue weighted by atomic mass is 79.9. The average molecular weight is 285 g/mol. The molecule has 5 heteroatoms. The Morgan fingerprint density at radius 3 is 2.69 bits per heavy atom. The van der Waals surface area contributed by atoms with Crippen molar-refractivity contribution in [2.24, 2.45) is 0 Å². The van der Waals surface area contributed by atoms with E-state index in [1.54, 1.807) is 13.8 Å². The van der Waals surface area contributed by atoms with E-state index in [1.807, 2.05) is 6.07 Å². The Hall–Kier alpha value is -1.41. The van der Waals surface area contributed by atoms with Crippen molar-refractivity contribution in [2.75, 3.05) is 0 Å². The largest absolute Gasteiger partial charge is 0.334 e. The lowest BCUT2D eigenvalue weighted by Crippen LogP contribution is -2.42. The topological polar surface area (TPSA) is 52.9 Å². The van der Waals surface area contributed by atoms with Gasteiger partial charge in [-0.2, -0.15) is 5.26 Å². The minimum atomic E-state index is -0.946. The molecule has 3 nitrogen and oxygen atoms in total. The standard InChI is InChI=1S/C11H10BrFN2O/c1-11(2,6-14)15-10(16)7-3-4-9(13)8(12)5-7/h3-5H,1-2H3,(H,15,16). The molecule has 0 aliphatic carbocycles. The van der Waals surface area contributed by atoms with Crippen LogP contribution in [0.2, 0.25) is 0 Å². The van der Waals surface area contributed by atoms with Gasteiger partial charge in [-0.3, -0.25) is 4.79 Å². The molecule has 0 heterocycles. The van der Waals surface area contributed by atoms with Gasteiger partial charge in [-0.15, -0.1) is 0 Å². The van der Waals surface area contributed by atoms with Crippen molar-refractivity contribution in [1.29, 1.82) is 5.26 Å². The van der Waals surface area contributed by atoms with Crippen LogP contribution in [0.4, 0.5) is 4.39 Å². The van der Waals surface area contributed by atoms with Crippen LogP contribution in [0.1, 0.15) is 24.2 Å². The van der Waals surface area contributed by atoms with Gasteiger partial charge in [0.2, 0.25) is 0 Å². The lowest BCUT2D eigenvalue weighted by atomic mass is 10.1. The van der Waals surface area contributed by atoms with E-state index in [0.29, 0.717) is 5.56 Å². The smallest absolute Gasteiger partial charge is 0.252 e. The zero-order valence-electron chi connectivity index (χ0n) is 8.84. The molecule has 0 unspecified atom stereocenters. The predicted molar refractivity (Wildman–Crippen MR) is 61.3 cm³/mol. The third-order valence-corrected chi connectivity index (χ3v) is 2.50. The summed E-state index contributed by atoms with van der Waals surface area (Å²) in [5.41, 5.74) is -0.644. The summed E-state index contributed by atoms with van der Waals surface area (Å²) in [5, 5.41) is 11.3. The van der Waals surface area contributed by atoms with Gasteiger partial charge < -0.3 is 5.32 Å². The van der Waals surface area contributed by atoms with Gasteiger partial charge in [-0.1, -0.05) is 0 Å². The maximum Gasteiger partial charge on any atom is 0.252 e. The number of carbonyl (C=O) groups is 1. The normalized spacial score (nSPS) is 10.7. The Balaban J connectivity index is 2.91. The Bertz CT molecular complexity index is 466. The van der Waals surface area contributed by atoms with Crippen LogP contribution in [0.3, 0.4) is 0 Å². The summed E-state index contributed by atoms with van der Waals surface area (Å²) in [5.74, 6) is -0.844. The number of nitrogens with one attached hydrogen (secondary N) is 1. The first kappa shape index (κ1) is 12.7. The number of benzene rings is 1. The molecule has 84 valence electrons. The summed E-state index contributed by atoms with van der Waals surface area (Å²) in [6.07, 6.45) is 0. The number of amides is 1. The zero-order valence-corrected chi connectivity index (χ0v) is 10.4. The summed E-state index contributed by atoms with van der Waals surface area (Å²) in [6, 6.07) is 5.88. The lowest BCUT2D eigenvalue weighted by molar-refractivity contribution is 0.0929. The van der Waals surface area contributed by atoms with Gasteiger partial charge in [-0.25, -0.2) is 4.39 Å². The molecule has 1 amide bonds. The average Bonchev–Trinajstić information content (AvgIpc) is 2.21. The van der Waals surface area contributed by atoms with Gasteiger partial charge in [0.05, 0.1) is 10.5 Å². The molecule has 1 aromatic carbocycles. The van der Waals surface area contributed by atoms with Gasteiger partial charge >= 0.3 is 0 Å². The van der Waals surface area contributed by atoms with Crippen molar-refractivity contribution < 1.29 is 9.18 Å². The number of hydrogen-bond acceptors (Lipinski definition) is 2. The Labute approximate surface area is 101 Å². The molecule has 1 N–H and O–H groups in total. The summed E-state index contributed by atoms with van der Waals surface area (Å²) in [7, 11) is 0. The Morgan fingerprint density at radius 1 is 1.56 bits per heavy atom. The van der Waals surface area contributed by atoms with Crippen LogP contribution >= 0.6 is 15.9 Å². The fourth-order valence-corrected chi connectivity index (χ4v) is 1.40. The third kappa shape index (κ3) is 3.04. The van der Waals surface area contributed by atoms with Crippen molar-refractivity contribution in [3.05, 3.63) is 34.1 Å². The van der Waals surface area contributed by atoms with Crippen LogP contribution in [0.15, 0.2) is 22.7 Å². The number of nitriles is 1. The van der Waals surface area contributed by atoms with Crippen molar-refractivity contribution in [3.63, 3.8) is 0 Å². The molecule has 1 rings (SSSR count). The number of carbonyl (C=O) groups excluding carboxylic acids is 1. The fraction of sp³-hybridized carbons (Fsp3) is 0.273. The molecular weight excluding hydrogens is 275 g/mol. The minimum absolute atomic E-state index is 0.218. The lowest BCUT2D eigenvalue weighted by Gasteiger charge is -2.17. The molecule has 0 saturated heterocycles. The molecule has 0 radical (unpaired) electrons. The molecule has 0 fully saturated rings. The van der Waals surface area contributed by atoms with E-state index in [1.165, 1.54) is 18.2 Å². The Kier molecular flexibility index (Phi) is 3.66. The molecular formula is C11H10BrFN2O. The second-order valence-corrected chi connectivity index (χ2v) is 4.67. The summed E-state index contributed by atoms with van der Waals surface area (Å²) >= 11 is 2.99. The first-order valence-corrected chi connectivity index (χ1v) is 5.34. The predicted octanol–water partition coefficient (Wildman–Crippen LogP) is 2.62. The highest BCUT2D eigenvalue weighted by molar-refractivity contribution is 9.10. The van der Waals surface area contributed by atoms with E-state index in [9.17, 15) is 9.18 Å². The van der Waals surface area contributed by atoms with Crippen molar-refractivity contribution >= 4 is 21.8 Å². The molecule has 0 aromatic heterocycles. The number of hydrogen-bond donors (Lipinski definition) is 1. The highest BCUT2D eigenvalue weighted by Gasteiger charge is 2.20.